The fourth-order valence-corrected chi connectivity index (χ4v) is 1.73. The van der Waals surface area contributed by atoms with Crippen molar-refractivity contribution in [3.8, 4) is 0 Å². The zero-order chi connectivity index (χ0) is 16.2. The number of carbonyl (C=O) groups is 1. The van der Waals surface area contributed by atoms with E-state index in [-0.39, 0.29) is 6.61 Å². The highest BCUT2D eigenvalue weighted by Crippen LogP contribution is 2.08. The lowest BCUT2D eigenvalue weighted by Crippen LogP contribution is -2.36. The number of rotatable bonds is 3. The minimum Gasteiger partial charge on any atom is -0.443 e. The van der Waals surface area contributed by atoms with E-state index in [0.717, 1.165) is 5.57 Å². The summed E-state index contributed by atoms with van der Waals surface area (Å²) in [6.07, 6.45) is 6.49. The van der Waals surface area contributed by atoms with Crippen molar-refractivity contribution in [2.24, 2.45) is 0 Å². The van der Waals surface area contributed by atoms with Crippen LogP contribution >= 0.6 is 0 Å². The lowest BCUT2D eigenvalue weighted by atomic mass is 10.2. The van der Waals surface area contributed by atoms with Gasteiger partial charge in [-0.15, -0.1) is 0 Å². The van der Waals surface area contributed by atoms with Crippen LogP contribution in [0.25, 0.3) is 12.7 Å². The van der Waals surface area contributed by atoms with Gasteiger partial charge in [-0.1, -0.05) is 37.0 Å². The maximum absolute atomic E-state index is 12.1. The Balaban J connectivity index is 3.28. The Labute approximate surface area is 125 Å². The van der Waals surface area contributed by atoms with Gasteiger partial charge in [-0.25, -0.2) is 4.79 Å². The second kappa shape index (κ2) is 6.59. The number of ether oxygens (including phenoxy) is 1. The van der Waals surface area contributed by atoms with Gasteiger partial charge in [-0.05, 0) is 27.7 Å². The van der Waals surface area contributed by atoms with Crippen molar-refractivity contribution in [1.29, 1.82) is 0 Å². The smallest absolute Gasteiger partial charge is 0.418 e. The first kappa shape index (κ1) is 17.0. The number of aromatic nitrogens is 1. The zero-order valence-electron chi connectivity index (χ0n) is 13.1. The van der Waals surface area contributed by atoms with Crippen molar-refractivity contribution in [3.63, 3.8) is 0 Å². The summed E-state index contributed by atoms with van der Waals surface area (Å²) in [4.78, 5) is 12.1. The molecule has 0 unspecified atom stereocenters. The molecule has 4 nitrogen and oxygen atoms in total. The molecule has 1 heterocycles. The highest BCUT2D eigenvalue weighted by molar-refractivity contribution is 5.71. The molecule has 0 aliphatic carbocycles. The van der Waals surface area contributed by atoms with Crippen molar-refractivity contribution in [3.05, 3.63) is 46.6 Å². The number of allylic oxidation sites excluding steroid dienone is 3. The van der Waals surface area contributed by atoms with Crippen LogP contribution in [-0.4, -0.2) is 21.4 Å². The molecule has 1 rings (SSSR count). The van der Waals surface area contributed by atoms with Gasteiger partial charge in [0.05, 0.1) is 12.0 Å². The van der Waals surface area contributed by atoms with Gasteiger partial charge in [-0.3, -0.25) is 4.57 Å². The Morgan fingerprint density at radius 1 is 1.48 bits per heavy atom. The van der Waals surface area contributed by atoms with Gasteiger partial charge >= 0.3 is 6.09 Å². The molecule has 0 spiro atoms. The van der Waals surface area contributed by atoms with Gasteiger partial charge in [0, 0.05) is 17.0 Å². The molecule has 21 heavy (non-hydrogen) atoms. The quantitative estimate of drug-likeness (QED) is 0.867. The van der Waals surface area contributed by atoms with Gasteiger partial charge in [0.15, 0.2) is 0 Å². The van der Waals surface area contributed by atoms with Crippen molar-refractivity contribution in [1.82, 2.24) is 4.57 Å². The van der Waals surface area contributed by atoms with E-state index in [1.54, 1.807) is 33.0 Å². The Kier molecular flexibility index (Phi) is 5.33. The molecule has 0 aromatic carbocycles. The van der Waals surface area contributed by atoms with Crippen LogP contribution in [0, 0.1) is 0 Å². The molecule has 0 bridgehead atoms. The molecular formula is C17H23NO3. The predicted molar refractivity (Wildman–Crippen MR) is 85.2 cm³/mol. The van der Waals surface area contributed by atoms with E-state index >= 15 is 0 Å². The third-order valence-corrected chi connectivity index (χ3v) is 2.64. The van der Waals surface area contributed by atoms with E-state index < -0.39 is 11.7 Å². The first-order chi connectivity index (χ1) is 9.65. The number of aliphatic hydroxyl groups is 1. The highest BCUT2D eigenvalue weighted by Gasteiger charge is 2.18. The molecule has 0 amide bonds. The maximum Gasteiger partial charge on any atom is 0.418 e. The summed E-state index contributed by atoms with van der Waals surface area (Å²) in [6, 6.07) is 0. The average molecular weight is 289 g/mol. The van der Waals surface area contributed by atoms with E-state index in [9.17, 15) is 9.90 Å². The van der Waals surface area contributed by atoms with E-state index in [1.165, 1.54) is 4.57 Å². The number of nitrogens with zero attached hydrogens (tertiary/aromatic N) is 1. The Bertz CT molecular complexity index is 672. The first-order valence-electron chi connectivity index (χ1n) is 6.73. The van der Waals surface area contributed by atoms with Crippen LogP contribution in [0.4, 0.5) is 4.79 Å². The Morgan fingerprint density at radius 3 is 2.57 bits per heavy atom. The first-order valence-corrected chi connectivity index (χ1v) is 6.73. The summed E-state index contributed by atoms with van der Waals surface area (Å²) in [5, 5.41) is 10.6. The van der Waals surface area contributed by atoms with E-state index in [0.29, 0.717) is 16.1 Å². The molecule has 0 aliphatic rings. The van der Waals surface area contributed by atoms with Gasteiger partial charge in [0.25, 0.3) is 0 Å². The van der Waals surface area contributed by atoms with Crippen LogP contribution in [0.15, 0.2) is 30.5 Å². The number of carbonyl (C=O) groups excluding carboxylic acids is 1. The van der Waals surface area contributed by atoms with Crippen molar-refractivity contribution < 1.29 is 14.6 Å². The maximum atomic E-state index is 12.1. The molecule has 0 saturated carbocycles. The van der Waals surface area contributed by atoms with Crippen LogP contribution in [-0.2, 0) is 11.3 Å². The fraction of sp³-hybridized carbons (Fsp3) is 0.353. The third kappa shape index (κ3) is 4.76. The van der Waals surface area contributed by atoms with Crippen LogP contribution < -0.4 is 10.6 Å². The van der Waals surface area contributed by atoms with Crippen LogP contribution in [0.3, 0.4) is 0 Å². The summed E-state index contributed by atoms with van der Waals surface area (Å²) in [7, 11) is 0. The molecular weight excluding hydrogens is 266 g/mol. The molecule has 0 fully saturated rings. The predicted octanol–water partition coefficient (Wildman–Crippen LogP) is 2.09. The lowest BCUT2D eigenvalue weighted by molar-refractivity contribution is 0.0532. The highest BCUT2D eigenvalue weighted by atomic mass is 16.6. The molecule has 1 N–H and O–H groups in total. The summed E-state index contributed by atoms with van der Waals surface area (Å²) in [6.45, 7) is 14.8. The second-order valence-electron chi connectivity index (χ2n) is 5.90. The standard InChI is InChI=1S/C17H23NO3/c1-12(2)8-7-9-15-13(3)18(10-14(15)11-19)16(20)21-17(4,5)6/h7-10,19H,1,3,11H2,2,4-6H3. The Morgan fingerprint density at radius 2 is 2.10 bits per heavy atom. The summed E-state index contributed by atoms with van der Waals surface area (Å²) < 4.78 is 6.63. The fourth-order valence-electron chi connectivity index (χ4n) is 1.73. The number of aliphatic hydroxyl groups excluding tert-OH is 1. The number of hydrogen-bond donors (Lipinski definition) is 1. The second-order valence-corrected chi connectivity index (χ2v) is 5.90. The topological polar surface area (TPSA) is 51.5 Å². The van der Waals surface area contributed by atoms with Crippen LogP contribution in [0.2, 0.25) is 0 Å². The molecule has 114 valence electrons. The molecule has 1 aromatic heterocycles. The molecule has 1 aromatic rings. The van der Waals surface area contributed by atoms with Gasteiger partial charge < -0.3 is 9.84 Å². The molecule has 0 aliphatic heterocycles. The lowest BCUT2D eigenvalue weighted by Gasteiger charge is -2.19. The minimum atomic E-state index is -0.586. The third-order valence-electron chi connectivity index (χ3n) is 2.64. The normalized spacial score (nSPS) is 12.9. The summed E-state index contributed by atoms with van der Waals surface area (Å²) >= 11 is 0. The minimum absolute atomic E-state index is 0.176. The Hall–Kier alpha value is -2.07. The molecule has 0 saturated heterocycles. The van der Waals surface area contributed by atoms with Crippen molar-refractivity contribution >= 4 is 18.7 Å². The van der Waals surface area contributed by atoms with Crippen molar-refractivity contribution in [2.45, 2.75) is 39.9 Å². The zero-order valence-corrected chi connectivity index (χ0v) is 13.1. The van der Waals surface area contributed by atoms with Gasteiger partial charge in [0.1, 0.15) is 5.60 Å². The molecule has 0 radical (unpaired) electrons. The summed E-state index contributed by atoms with van der Waals surface area (Å²) in [5.41, 5.74) is 0.947. The van der Waals surface area contributed by atoms with E-state index in [1.807, 2.05) is 19.1 Å². The van der Waals surface area contributed by atoms with Crippen molar-refractivity contribution in [2.75, 3.05) is 0 Å². The molecule has 0 atom stereocenters. The number of hydrogen-bond acceptors (Lipinski definition) is 3. The van der Waals surface area contributed by atoms with E-state index in [4.69, 9.17) is 4.74 Å². The van der Waals surface area contributed by atoms with Crippen LogP contribution in [0.1, 0.15) is 33.3 Å². The average Bonchev–Trinajstić information content (AvgIpc) is 2.64. The van der Waals surface area contributed by atoms with Gasteiger partial charge in [-0.2, -0.15) is 0 Å². The van der Waals surface area contributed by atoms with Crippen LogP contribution in [0.5, 0.6) is 0 Å². The van der Waals surface area contributed by atoms with Gasteiger partial charge in [0.2, 0.25) is 0 Å². The largest absolute Gasteiger partial charge is 0.443 e. The monoisotopic (exact) mass is 289 g/mol. The molecule has 4 heteroatoms. The SMILES string of the molecule is C=C(C)C=CC=c1c(CO)cn(C(=O)OC(C)(C)C)c1=C. The van der Waals surface area contributed by atoms with E-state index in [2.05, 4.69) is 13.2 Å². The summed E-state index contributed by atoms with van der Waals surface area (Å²) in [5.74, 6) is 0.